The van der Waals surface area contributed by atoms with E-state index < -0.39 is 15.9 Å². The lowest BCUT2D eigenvalue weighted by Crippen LogP contribution is -2.40. The Hall–Kier alpha value is -2.41. The number of para-hydroxylation sites is 1. The number of benzene rings is 2. The number of hydrogen-bond donors (Lipinski definition) is 1. The van der Waals surface area contributed by atoms with Gasteiger partial charge in [0.25, 0.3) is 0 Å². The molecule has 2 aromatic carbocycles. The third-order valence-corrected chi connectivity index (χ3v) is 4.86. The van der Waals surface area contributed by atoms with Crippen LogP contribution in [0.3, 0.4) is 0 Å². The molecule has 25 heavy (non-hydrogen) atoms. The molecule has 0 saturated carbocycles. The van der Waals surface area contributed by atoms with Crippen LogP contribution >= 0.6 is 0 Å². The number of carbonyl (C=O) groups is 1. The standard InChI is InChI=1S/C18H21FN2O3S/c1-3-15-6-4-5-7-17(15)21(25(2,23)24)13-18(22)20-12-14-8-10-16(19)11-9-14/h4-11H,3,12-13H2,1-2H3,(H,20,22). The maximum absolute atomic E-state index is 12.9. The van der Waals surface area contributed by atoms with Crippen molar-refractivity contribution in [3.63, 3.8) is 0 Å². The molecule has 0 unspecified atom stereocenters. The number of nitrogens with one attached hydrogen (secondary N) is 1. The summed E-state index contributed by atoms with van der Waals surface area (Å²) in [5.74, 6) is -0.782. The van der Waals surface area contributed by atoms with E-state index >= 15 is 0 Å². The molecule has 1 amide bonds. The summed E-state index contributed by atoms with van der Waals surface area (Å²) >= 11 is 0. The largest absolute Gasteiger partial charge is 0.350 e. The monoisotopic (exact) mass is 364 g/mol. The number of amides is 1. The molecule has 2 aromatic rings. The fourth-order valence-corrected chi connectivity index (χ4v) is 3.31. The highest BCUT2D eigenvalue weighted by Gasteiger charge is 2.22. The normalized spacial score (nSPS) is 11.2. The molecule has 0 aliphatic heterocycles. The van der Waals surface area contributed by atoms with Crippen molar-refractivity contribution in [2.75, 3.05) is 17.1 Å². The predicted octanol–water partition coefficient (Wildman–Crippen LogP) is 2.47. The van der Waals surface area contributed by atoms with Gasteiger partial charge in [-0.05, 0) is 35.7 Å². The topological polar surface area (TPSA) is 66.5 Å². The van der Waals surface area contributed by atoms with E-state index in [1.54, 1.807) is 24.3 Å². The number of halogens is 1. The first-order valence-corrected chi connectivity index (χ1v) is 9.73. The minimum absolute atomic E-state index is 0.201. The third-order valence-electron chi connectivity index (χ3n) is 3.73. The Labute approximate surface area is 147 Å². The van der Waals surface area contributed by atoms with Gasteiger partial charge in [0, 0.05) is 6.54 Å². The van der Waals surface area contributed by atoms with Crippen LogP contribution in [0.2, 0.25) is 0 Å². The van der Waals surface area contributed by atoms with Gasteiger partial charge in [0.15, 0.2) is 0 Å². The number of hydrogen-bond acceptors (Lipinski definition) is 3. The zero-order valence-corrected chi connectivity index (χ0v) is 15.0. The van der Waals surface area contributed by atoms with E-state index in [-0.39, 0.29) is 18.9 Å². The molecule has 7 heteroatoms. The van der Waals surface area contributed by atoms with E-state index in [4.69, 9.17) is 0 Å². The van der Waals surface area contributed by atoms with Crippen LogP contribution in [-0.4, -0.2) is 27.1 Å². The zero-order valence-electron chi connectivity index (χ0n) is 14.2. The average Bonchev–Trinajstić information content (AvgIpc) is 2.58. The Morgan fingerprint density at radius 1 is 1.12 bits per heavy atom. The van der Waals surface area contributed by atoms with Crippen molar-refractivity contribution in [2.45, 2.75) is 19.9 Å². The summed E-state index contributed by atoms with van der Waals surface area (Å²) in [6, 6.07) is 12.8. The molecule has 0 aliphatic rings. The van der Waals surface area contributed by atoms with Gasteiger partial charge in [-0.2, -0.15) is 0 Å². The van der Waals surface area contributed by atoms with E-state index in [9.17, 15) is 17.6 Å². The first-order valence-electron chi connectivity index (χ1n) is 7.88. The van der Waals surface area contributed by atoms with Crippen LogP contribution in [0.1, 0.15) is 18.1 Å². The van der Waals surface area contributed by atoms with Gasteiger partial charge in [-0.1, -0.05) is 37.3 Å². The number of rotatable bonds is 7. The summed E-state index contributed by atoms with van der Waals surface area (Å²) in [5.41, 5.74) is 2.08. The van der Waals surface area contributed by atoms with Crippen molar-refractivity contribution in [1.82, 2.24) is 5.32 Å². The van der Waals surface area contributed by atoms with Gasteiger partial charge in [-0.15, -0.1) is 0 Å². The van der Waals surface area contributed by atoms with Gasteiger partial charge < -0.3 is 5.32 Å². The van der Waals surface area contributed by atoms with Crippen LogP contribution in [0.4, 0.5) is 10.1 Å². The van der Waals surface area contributed by atoms with Crippen LogP contribution in [0, 0.1) is 5.82 Å². The zero-order chi connectivity index (χ0) is 18.4. The molecule has 0 aliphatic carbocycles. The second-order valence-electron chi connectivity index (χ2n) is 5.66. The third kappa shape index (κ3) is 5.29. The highest BCUT2D eigenvalue weighted by Crippen LogP contribution is 2.23. The van der Waals surface area contributed by atoms with E-state index in [2.05, 4.69) is 5.32 Å². The van der Waals surface area contributed by atoms with Crippen LogP contribution < -0.4 is 9.62 Å². The minimum atomic E-state index is -3.61. The summed E-state index contributed by atoms with van der Waals surface area (Å²) in [6.07, 6.45) is 1.73. The van der Waals surface area contributed by atoms with Crippen molar-refractivity contribution in [1.29, 1.82) is 0 Å². The number of anilines is 1. The molecule has 0 atom stereocenters. The summed E-state index contributed by atoms with van der Waals surface area (Å²) in [7, 11) is -3.61. The lowest BCUT2D eigenvalue weighted by atomic mass is 10.1. The van der Waals surface area contributed by atoms with E-state index in [0.29, 0.717) is 12.1 Å². The Morgan fingerprint density at radius 3 is 2.36 bits per heavy atom. The van der Waals surface area contributed by atoms with Gasteiger partial charge in [-0.3, -0.25) is 9.10 Å². The first kappa shape index (κ1) is 18.9. The molecule has 0 spiro atoms. The van der Waals surface area contributed by atoms with Gasteiger partial charge in [-0.25, -0.2) is 12.8 Å². The minimum Gasteiger partial charge on any atom is -0.350 e. The first-order chi connectivity index (χ1) is 11.8. The number of aryl methyl sites for hydroxylation is 1. The lowest BCUT2D eigenvalue weighted by molar-refractivity contribution is -0.119. The van der Waals surface area contributed by atoms with Crippen molar-refractivity contribution in [3.8, 4) is 0 Å². The van der Waals surface area contributed by atoms with Crippen LogP contribution in [0.25, 0.3) is 0 Å². The molecule has 0 bridgehead atoms. The smallest absolute Gasteiger partial charge is 0.241 e. The fraction of sp³-hybridized carbons (Fsp3) is 0.278. The van der Waals surface area contributed by atoms with Crippen molar-refractivity contribution >= 4 is 21.6 Å². The SMILES string of the molecule is CCc1ccccc1N(CC(=O)NCc1ccc(F)cc1)S(C)(=O)=O. The molecule has 0 heterocycles. The molecule has 1 N–H and O–H groups in total. The second-order valence-corrected chi connectivity index (χ2v) is 7.56. The van der Waals surface area contributed by atoms with E-state index in [1.807, 2.05) is 19.1 Å². The van der Waals surface area contributed by atoms with Gasteiger partial charge in [0.1, 0.15) is 12.4 Å². The van der Waals surface area contributed by atoms with Crippen LogP contribution in [-0.2, 0) is 27.8 Å². The number of sulfonamides is 1. The summed E-state index contributed by atoms with van der Waals surface area (Å²) in [6.45, 7) is 1.82. The molecule has 5 nitrogen and oxygen atoms in total. The Bertz CT molecular complexity index is 836. The molecular formula is C18H21FN2O3S. The highest BCUT2D eigenvalue weighted by atomic mass is 32.2. The van der Waals surface area contributed by atoms with Crippen molar-refractivity contribution < 1.29 is 17.6 Å². The van der Waals surface area contributed by atoms with Crippen molar-refractivity contribution in [2.24, 2.45) is 0 Å². The second kappa shape index (κ2) is 8.11. The Balaban J connectivity index is 2.12. The molecule has 0 radical (unpaired) electrons. The van der Waals surface area contributed by atoms with Gasteiger partial charge in [0.05, 0.1) is 11.9 Å². The Morgan fingerprint density at radius 2 is 1.76 bits per heavy atom. The quantitative estimate of drug-likeness (QED) is 0.821. The summed E-state index contributed by atoms with van der Waals surface area (Å²) in [4.78, 5) is 12.2. The maximum Gasteiger partial charge on any atom is 0.241 e. The summed E-state index contributed by atoms with van der Waals surface area (Å²) < 4.78 is 38.3. The van der Waals surface area contributed by atoms with Crippen molar-refractivity contribution in [3.05, 3.63) is 65.5 Å². The maximum atomic E-state index is 12.9. The fourth-order valence-electron chi connectivity index (χ4n) is 2.42. The van der Waals surface area contributed by atoms with E-state index in [0.717, 1.165) is 21.7 Å². The average molecular weight is 364 g/mol. The lowest BCUT2D eigenvalue weighted by Gasteiger charge is -2.24. The van der Waals surface area contributed by atoms with Crippen LogP contribution in [0.15, 0.2) is 48.5 Å². The molecule has 0 fully saturated rings. The van der Waals surface area contributed by atoms with Gasteiger partial charge in [0.2, 0.25) is 15.9 Å². The number of carbonyl (C=O) groups excluding carboxylic acids is 1. The number of nitrogens with zero attached hydrogens (tertiary/aromatic N) is 1. The Kier molecular flexibility index (Phi) is 6.14. The molecule has 134 valence electrons. The highest BCUT2D eigenvalue weighted by molar-refractivity contribution is 7.92. The molecule has 0 aromatic heterocycles. The molecular weight excluding hydrogens is 343 g/mol. The van der Waals surface area contributed by atoms with E-state index in [1.165, 1.54) is 12.1 Å². The molecule has 0 saturated heterocycles. The predicted molar refractivity (Wildman–Crippen MR) is 96.3 cm³/mol. The van der Waals surface area contributed by atoms with Crippen LogP contribution in [0.5, 0.6) is 0 Å². The molecule has 2 rings (SSSR count). The summed E-state index contributed by atoms with van der Waals surface area (Å²) in [5, 5.41) is 2.66. The van der Waals surface area contributed by atoms with Gasteiger partial charge >= 0.3 is 0 Å².